The van der Waals surface area contributed by atoms with Crippen LogP contribution in [-0.4, -0.2) is 21.1 Å². The molecule has 94 valence electrons. The fourth-order valence-corrected chi connectivity index (χ4v) is 1.91. The van der Waals surface area contributed by atoms with Crippen LogP contribution in [0.25, 0.3) is 0 Å². The molecule has 0 fully saturated rings. The third-order valence-corrected chi connectivity index (χ3v) is 2.79. The molecule has 18 heavy (non-hydrogen) atoms. The summed E-state index contributed by atoms with van der Waals surface area (Å²) in [6.45, 7) is 2.09. The highest BCUT2D eigenvalue weighted by molar-refractivity contribution is 9.10. The maximum Gasteiger partial charge on any atom is 0.258 e. The Morgan fingerprint density at radius 2 is 2.28 bits per heavy atom. The molecule has 0 atom stereocenters. The van der Waals surface area contributed by atoms with Gasteiger partial charge in [-0.1, -0.05) is 13.3 Å². The molecule has 0 saturated carbocycles. The molecule has 0 bridgehead atoms. The van der Waals surface area contributed by atoms with Crippen molar-refractivity contribution < 1.29 is 4.79 Å². The van der Waals surface area contributed by atoms with Crippen LogP contribution in [0.4, 0.5) is 5.82 Å². The van der Waals surface area contributed by atoms with Crippen LogP contribution in [0.3, 0.4) is 0 Å². The van der Waals surface area contributed by atoms with E-state index in [1.165, 1.54) is 6.20 Å². The molecule has 0 radical (unpaired) electrons. The summed E-state index contributed by atoms with van der Waals surface area (Å²) in [4.78, 5) is 15.9. The van der Waals surface area contributed by atoms with Crippen LogP contribution in [-0.2, 0) is 6.42 Å². The zero-order chi connectivity index (χ0) is 13.0. The highest BCUT2D eigenvalue weighted by atomic mass is 79.9. The molecule has 2 N–H and O–H groups in total. The van der Waals surface area contributed by atoms with E-state index in [4.69, 9.17) is 0 Å². The predicted molar refractivity (Wildman–Crippen MR) is 72.5 cm³/mol. The number of hydrogen-bond donors (Lipinski definition) is 2. The second-order valence-electron chi connectivity index (χ2n) is 3.87. The third-order valence-electron chi connectivity index (χ3n) is 2.36. The molecule has 0 aromatic carbocycles. The quantitative estimate of drug-likeness (QED) is 0.912. The average molecular weight is 309 g/mol. The molecule has 2 aromatic heterocycles. The normalized spacial score (nSPS) is 10.3. The molecule has 6 heteroatoms. The van der Waals surface area contributed by atoms with Crippen LogP contribution >= 0.6 is 15.9 Å². The Hall–Kier alpha value is -1.69. The predicted octanol–water partition coefficient (Wildman–Crippen LogP) is 2.77. The minimum Gasteiger partial charge on any atom is -0.305 e. The lowest BCUT2D eigenvalue weighted by Crippen LogP contribution is -2.12. The first kappa shape index (κ1) is 12.8. The van der Waals surface area contributed by atoms with Gasteiger partial charge in [0, 0.05) is 28.6 Å². The molecule has 1 amide bonds. The Morgan fingerprint density at radius 3 is 3.00 bits per heavy atom. The zero-order valence-corrected chi connectivity index (χ0v) is 11.5. The summed E-state index contributed by atoms with van der Waals surface area (Å²) in [6.07, 6.45) is 5.09. The van der Waals surface area contributed by atoms with Crippen LogP contribution in [0.2, 0.25) is 0 Å². The highest BCUT2D eigenvalue weighted by Crippen LogP contribution is 2.12. The number of halogens is 1. The summed E-state index contributed by atoms with van der Waals surface area (Å²) in [5.74, 6) is 0.307. The lowest BCUT2D eigenvalue weighted by Gasteiger charge is -2.01. The number of H-pyrrole nitrogens is 1. The van der Waals surface area contributed by atoms with E-state index in [2.05, 4.69) is 43.4 Å². The summed E-state index contributed by atoms with van der Waals surface area (Å²) in [5, 5.41) is 9.64. The molecular formula is C12H13BrN4O. The molecule has 0 aliphatic carbocycles. The molecule has 0 aliphatic rings. The van der Waals surface area contributed by atoms with Crippen molar-refractivity contribution in [3.8, 4) is 0 Å². The van der Waals surface area contributed by atoms with Gasteiger partial charge < -0.3 is 5.32 Å². The SMILES string of the molecule is CCCc1cc(NC(=O)c2cncc(Br)c2)n[nH]1. The number of nitrogens with zero attached hydrogens (tertiary/aromatic N) is 2. The number of carbonyl (C=O) groups excluding carboxylic acids is 1. The Morgan fingerprint density at radius 1 is 1.44 bits per heavy atom. The van der Waals surface area contributed by atoms with Crippen molar-refractivity contribution in [3.63, 3.8) is 0 Å². The van der Waals surface area contributed by atoms with Crippen molar-refractivity contribution >= 4 is 27.7 Å². The van der Waals surface area contributed by atoms with E-state index < -0.39 is 0 Å². The van der Waals surface area contributed by atoms with Crippen molar-refractivity contribution in [2.75, 3.05) is 5.32 Å². The van der Waals surface area contributed by atoms with E-state index >= 15 is 0 Å². The summed E-state index contributed by atoms with van der Waals surface area (Å²) >= 11 is 3.28. The van der Waals surface area contributed by atoms with Gasteiger partial charge in [-0.3, -0.25) is 14.9 Å². The van der Waals surface area contributed by atoms with E-state index in [0.717, 1.165) is 23.0 Å². The summed E-state index contributed by atoms with van der Waals surface area (Å²) in [7, 11) is 0. The van der Waals surface area contributed by atoms with Gasteiger partial charge in [0.1, 0.15) is 0 Å². The van der Waals surface area contributed by atoms with Gasteiger partial charge >= 0.3 is 0 Å². The molecule has 2 heterocycles. The molecule has 0 unspecified atom stereocenters. The van der Waals surface area contributed by atoms with Gasteiger partial charge in [0.2, 0.25) is 0 Å². The minimum absolute atomic E-state index is 0.224. The van der Waals surface area contributed by atoms with Gasteiger partial charge in [-0.2, -0.15) is 5.10 Å². The fourth-order valence-electron chi connectivity index (χ4n) is 1.55. The molecular weight excluding hydrogens is 296 g/mol. The van der Waals surface area contributed by atoms with E-state index in [1.807, 2.05) is 6.07 Å². The summed E-state index contributed by atoms with van der Waals surface area (Å²) in [6, 6.07) is 3.55. The van der Waals surface area contributed by atoms with Gasteiger partial charge in [0.05, 0.1) is 5.56 Å². The zero-order valence-electron chi connectivity index (χ0n) is 9.90. The number of aromatic amines is 1. The summed E-state index contributed by atoms with van der Waals surface area (Å²) < 4.78 is 0.767. The van der Waals surface area contributed by atoms with Crippen LogP contribution in [0.1, 0.15) is 29.4 Å². The third kappa shape index (κ3) is 3.16. The van der Waals surface area contributed by atoms with Gasteiger partial charge in [-0.25, -0.2) is 0 Å². The number of aryl methyl sites for hydroxylation is 1. The lowest BCUT2D eigenvalue weighted by molar-refractivity contribution is 0.102. The number of nitrogens with one attached hydrogen (secondary N) is 2. The second kappa shape index (κ2) is 5.77. The van der Waals surface area contributed by atoms with Crippen LogP contribution in [0, 0.1) is 0 Å². The number of amides is 1. The molecule has 0 aliphatic heterocycles. The number of anilines is 1. The van der Waals surface area contributed by atoms with Crippen LogP contribution in [0.5, 0.6) is 0 Å². The number of rotatable bonds is 4. The van der Waals surface area contributed by atoms with Crippen molar-refractivity contribution in [2.24, 2.45) is 0 Å². The first-order chi connectivity index (χ1) is 8.69. The second-order valence-corrected chi connectivity index (χ2v) is 4.79. The van der Waals surface area contributed by atoms with Gasteiger partial charge in [-0.15, -0.1) is 0 Å². The number of carbonyl (C=O) groups is 1. The van der Waals surface area contributed by atoms with Gasteiger partial charge in [-0.05, 0) is 28.4 Å². The Labute approximate surface area is 113 Å². The van der Waals surface area contributed by atoms with Gasteiger partial charge in [0.25, 0.3) is 5.91 Å². The summed E-state index contributed by atoms with van der Waals surface area (Å²) in [5.41, 5.74) is 1.50. The van der Waals surface area contributed by atoms with E-state index in [1.54, 1.807) is 12.3 Å². The van der Waals surface area contributed by atoms with E-state index in [-0.39, 0.29) is 5.91 Å². The molecule has 5 nitrogen and oxygen atoms in total. The largest absolute Gasteiger partial charge is 0.305 e. The smallest absolute Gasteiger partial charge is 0.258 e. The number of pyridine rings is 1. The van der Waals surface area contributed by atoms with Gasteiger partial charge in [0.15, 0.2) is 5.82 Å². The van der Waals surface area contributed by atoms with Crippen molar-refractivity contribution in [2.45, 2.75) is 19.8 Å². The Balaban J connectivity index is 2.06. The van der Waals surface area contributed by atoms with Crippen molar-refractivity contribution in [3.05, 3.63) is 40.3 Å². The number of aromatic nitrogens is 3. The maximum absolute atomic E-state index is 11.9. The first-order valence-corrected chi connectivity index (χ1v) is 6.44. The van der Waals surface area contributed by atoms with Crippen molar-refractivity contribution in [1.82, 2.24) is 15.2 Å². The highest BCUT2D eigenvalue weighted by Gasteiger charge is 2.09. The molecule has 0 spiro atoms. The first-order valence-electron chi connectivity index (χ1n) is 5.65. The van der Waals surface area contributed by atoms with E-state index in [9.17, 15) is 4.79 Å². The van der Waals surface area contributed by atoms with E-state index in [0.29, 0.717) is 11.4 Å². The lowest BCUT2D eigenvalue weighted by atomic mass is 10.2. The molecule has 2 rings (SSSR count). The van der Waals surface area contributed by atoms with Crippen molar-refractivity contribution in [1.29, 1.82) is 0 Å². The van der Waals surface area contributed by atoms with Crippen LogP contribution < -0.4 is 5.32 Å². The standard InChI is InChI=1S/C12H13BrN4O/c1-2-3-10-5-11(17-16-10)15-12(18)8-4-9(13)7-14-6-8/h4-7H,2-3H2,1H3,(H2,15,16,17,18). The Kier molecular flexibility index (Phi) is 4.09. The minimum atomic E-state index is -0.224. The maximum atomic E-state index is 11.9. The molecule has 2 aromatic rings. The fraction of sp³-hybridized carbons (Fsp3) is 0.250. The Bertz CT molecular complexity index is 553. The van der Waals surface area contributed by atoms with Crippen LogP contribution in [0.15, 0.2) is 29.0 Å². The molecule has 0 saturated heterocycles. The topological polar surface area (TPSA) is 70.7 Å². The average Bonchev–Trinajstić information content (AvgIpc) is 2.77. The number of hydrogen-bond acceptors (Lipinski definition) is 3. The monoisotopic (exact) mass is 308 g/mol.